The summed E-state index contributed by atoms with van der Waals surface area (Å²) in [6.45, 7) is 2.64. The van der Waals surface area contributed by atoms with Gasteiger partial charge >= 0.3 is 11.8 Å². The highest BCUT2D eigenvalue weighted by atomic mass is 16.5. The highest BCUT2D eigenvalue weighted by Gasteiger charge is 2.25. The Hall–Kier alpha value is -2.28. The number of ether oxygens (including phenoxy) is 2. The molecule has 2 amide bonds. The number of nitrogens with zero attached hydrogens (tertiary/aromatic N) is 2. The van der Waals surface area contributed by atoms with Gasteiger partial charge in [-0.3, -0.25) is 9.59 Å². The minimum absolute atomic E-state index is 0.411. The minimum Gasteiger partial charge on any atom is -0.497 e. The largest absolute Gasteiger partial charge is 0.497 e. The molecule has 1 aliphatic heterocycles. The van der Waals surface area contributed by atoms with E-state index in [0.29, 0.717) is 30.3 Å². The number of nitrogens with one attached hydrogen (secondary N) is 1. The molecule has 7 nitrogen and oxygen atoms in total. The Morgan fingerprint density at radius 2 is 1.77 bits per heavy atom. The molecule has 0 spiro atoms. The molecule has 2 rings (SSSR count). The third-order valence-corrected chi connectivity index (χ3v) is 3.64. The van der Waals surface area contributed by atoms with E-state index in [2.05, 4.69) is 10.2 Å². The zero-order valence-corrected chi connectivity index (χ0v) is 13.1. The number of carbonyl (C=O) groups excluding carboxylic acids is 2. The molecular formula is C15H21N3O4. The van der Waals surface area contributed by atoms with E-state index in [9.17, 15) is 9.59 Å². The van der Waals surface area contributed by atoms with Crippen LogP contribution in [-0.4, -0.2) is 69.1 Å². The van der Waals surface area contributed by atoms with Crippen LogP contribution in [0.1, 0.15) is 0 Å². The van der Waals surface area contributed by atoms with Crippen LogP contribution in [0.2, 0.25) is 0 Å². The van der Waals surface area contributed by atoms with Gasteiger partial charge in [0.15, 0.2) is 0 Å². The summed E-state index contributed by atoms with van der Waals surface area (Å²) < 4.78 is 10.3. The molecular weight excluding hydrogens is 286 g/mol. The Balaban J connectivity index is 2.06. The van der Waals surface area contributed by atoms with Crippen LogP contribution in [0.5, 0.6) is 11.5 Å². The SMILES string of the molecule is COc1ccc(OC)c(NC(=O)C(=O)N2CCN(C)CC2)c1. The molecule has 0 aliphatic carbocycles. The first kappa shape index (κ1) is 16.1. The van der Waals surface area contributed by atoms with Crippen molar-refractivity contribution in [2.45, 2.75) is 0 Å². The molecule has 120 valence electrons. The van der Waals surface area contributed by atoms with Crippen molar-refractivity contribution in [3.05, 3.63) is 18.2 Å². The van der Waals surface area contributed by atoms with Gasteiger partial charge in [-0.05, 0) is 19.2 Å². The number of rotatable bonds is 3. The zero-order chi connectivity index (χ0) is 16.1. The second kappa shape index (κ2) is 7.13. The van der Waals surface area contributed by atoms with E-state index < -0.39 is 11.8 Å². The van der Waals surface area contributed by atoms with Crippen molar-refractivity contribution in [1.82, 2.24) is 9.80 Å². The van der Waals surface area contributed by atoms with Crippen LogP contribution in [0.3, 0.4) is 0 Å². The summed E-state index contributed by atoms with van der Waals surface area (Å²) in [5.74, 6) is -0.155. The normalized spacial score (nSPS) is 15.3. The number of methoxy groups -OCH3 is 2. The molecule has 0 bridgehead atoms. The first-order valence-electron chi connectivity index (χ1n) is 7.06. The van der Waals surface area contributed by atoms with E-state index >= 15 is 0 Å². The summed E-state index contributed by atoms with van der Waals surface area (Å²) in [5, 5.41) is 2.60. The molecule has 22 heavy (non-hydrogen) atoms. The lowest BCUT2D eigenvalue weighted by atomic mass is 10.2. The van der Waals surface area contributed by atoms with E-state index in [4.69, 9.17) is 9.47 Å². The summed E-state index contributed by atoms with van der Waals surface area (Å²) >= 11 is 0. The van der Waals surface area contributed by atoms with Gasteiger partial charge in [-0.2, -0.15) is 0 Å². The van der Waals surface area contributed by atoms with Gasteiger partial charge in [-0.15, -0.1) is 0 Å². The standard InChI is InChI=1S/C15H21N3O4/c1-17-6-8-18(9-7-17)15(20)14(19)16-12-10-11(21-2)4-5-13(12)22-3/h4-5,10H,6-9H2,1-3H3,(H,16,19). The van der Waals surface area contributed by atoms with Gasteiger partial charge in [-0.1, -0.05) is 0 Å². The Bertz CT molecular complexity index is 554. The monoisotopic (exact) mass is 307 g/mol. The predicted octanol–water partition coefficient (Wildman–Crippen LogP) is 0.416. The van der Waals surface area contributed by atoms with Crippen molar-refractivity contribution in [2.24, 2.45) is 0 Å². The Morgan fingerprint density at radius 1 is 1.09 bits per heavy atom. The first-order chi connectivity index (χ1) is 10.5. The molecule has 0 aromatic heterocycles. The van der Waals surface area contributed by atoms with E-state index in [1.54, 1.807) is 23.1 Å². The molecule has 1 aromatic carbocycles. The van der Waals surface area contributed by atoms with Crippen molar-refractivity contribution in [3.63, 3.8) is 0 Å². The van der Waals surface area contributed by atoms with Gasteiger partial charge in [-0.25, -0.2) is 0 Å². The van der Waals surface area contributed by atoms with Crippen LogP contribution >= 0.6 is 0 Å². The molecule has 1 saturated heterocycles. The Morgan fingerprint density at radius 3 is 2.36 bits per heavy atom. The molecule has 1 heterocycles. The number of likely N-dealkylation sites (N-methyl/N-ethyl adjacent to an activating group) is 1. The fourth-order valence-electron chi connectivity index (χ4n) is 2.24. The molecule has 1 aromatic rings. The molecule has 1 aliphatic rings. The molecule has 0 saturated carbocycles. The van der Waals surface area contributed by atoms with Gasteiger partial charge < -0.3 is 24.6 Å². The van der Waals surface area contributed by atoms with Gasteiger partial charge in [0, 0.05) is 32.2 Å². The second-order valence-electron chi connectivity index (χ2n) is 5.12. The lowest BCUT2D eigenvalue weighted by Crippen LogP contribution is -2.50. The van der Waals surface area contributed by atoms with Crippen molar-refractivity contribution >= 4 is 17.5 Å². The Labute approximate surface area is 129 Å². The van der Waals surface area contributed by atoms with Crippen molar-refractivity contribution < 1.29 is 19.1 Å². The average Bonchev–Trinajstić information content (AvgIpc) is 2.54. The topological polar surface area (TPSA) is 71.1 Å². The fourth-order valence-corrected chi connectivity index (χ4v) is 2.24. The second-order valence-corrected chi connectivity index (χ2v) is 5.12. The van der Waals surface area contributed by atoms with Crippen LogP contribution in [0.4, 0.5) is 5.69 Å². The van der Waals surface area contributed by atoms with Crippen LogP contribution in [0.25, 0.3) is 0 Å². The third-order valence-electron chi connectivity index (χ3n) is 3.64. The number of hydrogen-bond acceptors (Lipinski definition) is 5. The van der Waals surface area contributed by atoms with Gasteiger partial charge in [0.05, 0.1) is 19.9 Å². The summed E-state index contributed by atoms with van der Waals surface area (Å²) in [4.78, 5) is 28.0. The molecule has 0 unspecified atom stereocenters. The molecule has 0 atom stereocenters. The van der Waals surface area contributed by atoms with Crippen molar-refractivity contribution in [1.29, 1.82) is 0 Å². The lowest BCUT2D eigenvalue weighted by Gasteiger charge is -2.31. The van der Waals surface area contributed by atoms with Gasteiger partial charge in [0.25, 0.3) is 0 Å². The maximum absolute atomic E-state index is 12.2. The molecule has 1 fully saturated rings. The van der Waals surface area contributed by atoms with Crippen LogP contribution in [0.15, 0.2) is 18.2 Å². The molecule has 0 radical (unpaired) electrons. The number of anilines is 1. The van der Waals surface area contributed by atoms with Gasteiger partial charge in [0.1, 0.15) is 11.5 Å². The number of amides is 2. The van der Waals surface area contributed by atoms with E-state index in [-0.39, 0.29) is 0 Å². The number of benzene rings is 1. The summed E-state index contributed by atoms with van der Waals surface area (Å²) in [7, 11) is 5.02. The number of carbonyl (C=O) groups is 2. The highest BCUT2D eigenvalue weighted by molar-refractivity contribution is 6.39. The first-order valence-corrected chi connectivity index (χ1v) is 7.06. The number of hydrogen-bond donors (Lipinski definition) is 1. The van der Waals surface area contributed by atoms with E-state index in [0.717, 1.165) is 13.1 Å². The van der Waals surface area contributed by atoms with Gasteiger partial charge in [0.2, 0.25) is 0 Å². The third kappa shape index (κ3) is 3.67. The molecule has 1 N–H and O–H groups in total. The molecule has 7 heteroatoms. The van der Waals surface area contributed by atoms with E-state index in [1.807, 2.05) is 7.05 Å². The average molecular weight is 307 g/mol. The predicted molar refractivity (Wildman–Crippen MR) is 82.3 cm³/mol. The lowest BCUT2D eigenvalue weighted by molar-refractivity contribution is -0.144. The number of piperazine rings is 1. The van der Waals surface area contributed by atoms with Crippen molar-refractivity contribution in [3.8, 4) is 11.5 Å². The van der Waals surface area contributed by atoms with Crippen LogP contribution in [-0.2, 0) is 9.59 Å². The highest BCUT2D eigenvalue weighted by Crippen LogP contribution is 2.28. The maximum atomic E-state index is 12.2. The van der Waals surface area contributed by atoms with Crippen LogP contribution in [0, 0.1) is 0 Å². The fraction of sp³-hybridized carbons (Fsp3) is 0.467. The van der Waals surface area contributed by atoms with Crippen molar-refractivity contribution in [2.75, 3.05) is 52.8 Å². The quantitative estimate of drug-likeness (QED) is 0.819. The smallest absolute Gasteiger partial charge is 0.314 e. The maximum Gasteiger partial charge on any atom is 0.314 e. The van der Waals surface area contributed by atoms with E-state index in [1.165, 1.54) is 14.2 Å². The summed E-state index contributed by atoms with van der Waals surface area (Å²) in [5.41, 5.74) is 0.411. The summed E-state index contributed by atoms with van der Waals surface area (Å²) in [6, 6.07) is 5.01. The Kier molecular flexibility index (Phi) is 5.21. The summed E-state index contributed by atoms with van der Waals surface area (Å²) in [6.07, 6.45) is 0. The minimum atomic E-state index is -0.670. The zero-order valence-electron chi connectivity index (χ0n) is 13.1. The van der Waals surface area contributed by atoms with Crippen LogP contribution < -0.4 is 14.8 Å².